The number of nitrogens with zero attached hydrogens (tertiary/aromatic N) is 2. The summed E-state index contributed by atoms with van der Waals surface area (Å²) in [5, 5.41) is 0.861. The van der Waals surface area contributed by atoms with Gasteiger partial charge in [-0.15, -0.1) is 11.3 Å². The van der Waals surface area contributed by atoms with Crippen molar-refractivity contribution in [3.05, 3.63) is 51.5 Å². The number of aromatic nitrogens is 1. The summed E-state index contributed by atoms with van der Waals surface area (Å²) in [4.78, 5) is 20.9. The van der Waals surface area contributed by atoms with E-state index in [1.807, 2.05) is 30.3 Å². The standard InChI is InChI=1S/C22H24N2OS/c1-16-6-5-9-18(14-16)22(25)24-13-12-19-20(15-24)26-21(23-19)11-10-17-7-3-2-4-8-17/h2-4,7-8,16,18H,5-6,9,12-15H2,1H3. The molecule has 4 heteroatoms. The van der Waals surface area contributed by atoms with Crippen LogP contribution in [0.3, 0.4) is 0 Å². The molecule has 2 atom stereocenters. The maximum Gasteiger partial charge on any atom is 0.226 e. The van der Waals surface area contributed by atoms with Crippen molar-refractivity contribution >= 4 is 17.2 Å². The fourth-order valence-electron chi connectivity index (χ4n) is 4.00. The Morgan fingerprint density at radius 1 is 1.23 bits per heavy atom. The van der Waals surface area contributed by atoms with Gasteiger partial charge in [-0.05, 0) is 36.8 Å². The first-order chi connectivity index (χ1) is 12.7. The Hall–Kier alpha value is -2.12. The van der Waals surface area contributed by atoms with E-state index in [0.29, 0.717) is 18.4 Å². The molecule has 2 aromatic rings. The van der Waals surface area contributed by atoms with Crippen LogP contribution in [0.25, 0.3) is 0 Å². The fourth-order valence-corrected chi connectivity index (χ4v) is 4.98. The van der Waals surface area contributed by atoms with E-state index in [1.165, 1.54) is 17.7 Å². The summed E-state index contributed by atoms with van der Waals surface area (Å²) in [7, 11) is 0. The quantitative estimate of drug-likeness (QED) is 0.709. The molecule has 2 aliphatic rings. The summed E-state index contributed by atoms with van der Waals surface area (Å²) in [6.45, 7) is 3.78. The Morgan fingerprint density at radius 3 is 2.88 bits per heavy atom. The lowest BCUT2D eigenvalue weighted by Gasteiger charge is -2.33. The molecule has 1 aliphatic heterocycles. The molecule has 1 amide bonds. The Bertz CT molecular complexity index is 846. The summed E-state index contributed by atoms with van der Waals surface area (Å²) in [5.74, 6) is 7.63. The van der Waals surface area contributed by atoms with Crippen LogP contribution in [0.5, 0.6) is 0 Å². The zero-order valence-corrected chi connectivity index (χ0v) is 16.0. The predicted molar refractivity (Wildman–Crippen MR) is 105 cm³/mol. The van der Waals surface area contributed by atoms with Crippen molar-refractivity contribution in [1.82, 2.24) is 9.88 Å². The first-order valence-corrected chi connectivity index (χ1v) is 10.3. The highest BCUT2D eigenvalue weighted by Crippen LogP contribution is 2.32. The molecular formula is C22H24N2OS. The van der Waals surface area contributed by atoms with E-state index in [2.05, 4.69) is 23.7 Å². The van der Waals surface area contributed by atoms with Crippen LogP contribution in [0, 0.1) is 23.7 Å². The zero-order chi connectivity index (χ0) is 17.9. The third-order valence-electron chi connectivity index (χ3n) is 5.42. The van der Waals surface area contributed by atoms with Crippen LogP contribution in [0.4, 0.5) is 0 Å². The topological polar surface area (TPSA) is 33.2 Å². The normalized spacial score (nSPS) is 22.3. The van der Waals surface area contributed by atoms with Crippen LogP contribution in [0.15, 0.2) is 30.3 Å². The van der Waals surface area contributed by atoms with Crippen molar-refractivity contribution in [3.8, 4) is 11.8 Å². The minimum Gasteiger partial charge on any atom is -0.337 e. The van der Waals surface area contributed by atoms with E-state index < -0.39 is 0 Å². The van der Waals surface area contributed by atoms with Gasteiger partial charge in [-0.1, -0.05) is 43.9 Å². The first kappa shape index (κ1) is 17.3. The van der Waals surface area contributed by atoms with Gasteiger partial charge in [-0.3, -0.25) is 4.79 Å². The molecular weight excluding hydrogens is 340 g/mol. The second-order valence-corrected chi connectivity index (χ2v) is 8.57. The average Bonchev–Trinajstić information content (AvgIpc) is 3.08. The fraction of sp³-hybridized carbons (Fsp3) is 0.455. The Kier molecular flexibility index (Phi) is 5.08. The van der Waals surface area contributed by atoms with E-state index in [4.69, 9.17) is 4.98 Å². The van der Waals surface area contributed by atoms with E-state index >= 15 is 0 Å². The van der Waals surface area contributed by atoms with Gasteiger partial charge in [0, 0.05) is 29.3 Å². The summed E-state index contributed by atoms with van der Waals surface area (Å²) in [6.07, 6.45) is 5.43. The molecule has 2 unspecified atom stereocenters. The number of carbonyl (C=O) groups is 1. The highest BCUT2D eigenvalue weighted by Gasteiger charge is 2.31. The summed E-state index contributed by atoms with van der Waals surface area (Å²) >= 11 is 1.64. The van der Waals surface area contributed by atoms with Crippen molar-refractivity contribution in [2.24, 2.45) is 11.8 Å². The summed E-state index contributed by atoms with van der Waals surface area (Å²) < 4.78 is 0. The molecule has 0 saturated heterocycles. The lowest BCUT2D eigenvalue weighted by atomic mass is 9.81. The number of rotatable bonds is 1. The number of fused-ring (bicyclic) bond motifs is 1. The van der Waals surface area contributed by atoms with E-state index in [-0.39, 0.29) is 5.92 Å². The van der Waals surface area contributed by atoms with Gasteiger partial charge in [0.1, 0.15) is 0 Å². The molecule has 2 heterocycles. The minimum absolute atomic E-state index is 0.227. The third-order valence-corrected chi connectivity index (χ3v) is 6.41. The highest BCUT2D eigenvalue weighted by molar-refractivity contribution is 7.12. The Balaban J connectivity index is 1.45. The number of amides is 1. The molecule has 4 rings (SSSR count). The van der Waals surface area contributed by atoms with Crippen molar-refractivity contribution < 1.29 is 4.79 Å². The van der Waals surface area contributed by atoms with Gasteiger partial charge in [0.05, 0.1) is 12.2 Å². The van der Waals surface area contributed by atoms with Crippen LogP contribution in [0.2, 0.25) is 0 Å². The second-order valence-electron chi connectivity index (χ2n) is 7.48. The molecule has 3 nitrogen and oxygen atoms in total. The lowest BCUT2D eigenvalue weighted by Crippen LogP contribution is -2.40. The number of thiazole rings is 1. The molecule has 1 aromatic carbocycles. The first-order valence-electron chi connectivity index (χ1n) is 9.53. The highest BCUT2D eigenvalue weighted by atomic mass is 32.1. The molecule has 0 bridgehead atoms. The summed E-state index contributed by atoms with van der Waals surface area (Å²) in [5.41, 5.74) is 2.14. The molecule has 0 N–H and O–H groups in total. The van der Waals surface area contributed by atoms with Crippen LogP contribution in [-0.4, -0.2) is 22.3 Å². The molecule has 0 spiro atoms. The van der Waals surface area contributed by atoms with E-state index in [0.717, 1.165) is 42.1 Å². The largest absolute Gasteiger partial charge is 0.337 e. The van der Waals surface area contributed by atoms with Gasteiger partial charge < -0.3 is 4.90 Å². The van der Waals surface area contributed by atoms with Crippen LogP contribution in [0.1, 0.15) is 53.7 Å². The van der Waals surface area contributed by atoms with Crippen molar-refractivity contribution in [3.63, 3.8) is 0 Å². The van der Waals surface area contributed by atoms with Gasteiger partial charge in [0.15, 0.2) is 5.01 Å². The maximum absolute atomic E-state index is 12.9. The van der Waals surface area contributed by atoms with E-state index in [1.54, 1.807) is 11.3 Å². The van der Waals surface area contributed by atoms with Crippen LogP contribution < -0.4 is 0 Å². The molecule has 134 valence electrons. The third kappa shape index (κ3) is 3.83. The van der Waals surface area contributed by atoms with Crippen molar-refractivity contribution in [2.45, 2.75) is 45.6 Å². The summed E-state index contributed by atoms with van der Waals surface area (Å²) in [6, 6.07) is 9.99. The monoisotopic (exact) mass is 364 g/mol. The maximum atomic E-state index is 12.9. The molecule has 1 aliphatic carbocycles. The number of carbonyl (C=O) groups excluding carboxylic acids is 1. The molecule has 1 fully saturated rings. The Labute approximate surface area is 159 Å². The molecule has 1 aromatic heterocycles. The second kappa shape index (κ2) is 7.63. The SMILES string of the molecule is CC1CCCC(C(=O)N2CCc3nc(C#Cc4ccccc4)sc3C2)C1. The van der Waals surface area contributed by atoms with Crippen molar-refractivity contribution in [2.75, 3.05) is 6.54 Å². The minimum atomic E-state index is 0.227. The van der Waals surface area contributed by atoms with Gasteiger partial charge in [-0.2, -0.15) is 0 Å². The van der Waals surface area contributed by atoms with E-state index in [9.17, 15) is 4.79 Å². The average molecular weight is 365 g/mol. The van der Waals surface area contributed by atoms with Gasteiger partial charge in [-0.25, -0.2) is 4.98 Å². The smallest absolute Gasteiger partial charge is 0.226 e. The van der Waals surface area contributed by atoms with Gasteiger partial charge in [0.25, 0.3) is 0 Å². The Morgan fingerprint density at radius 2 is 2.08 bits per heavy atom. The number of benzene rings is 1. The van der Waals surface area contributed by atoms with Crippen LogP contribution >= 0.6 is 11.3 Å². The number of hydrogen-bond acceptors (Lipinski definition) is 3. The van der Waals surface area contributed by atoms with Gasteiger partial charge >= 0.3 is 0 Å². The van der Waals surface area contributed by atoms with Gasteiger partial charge in [0.2, 0.25) is 5.91 Å². The lowest BCUT2D eigenvalue weighted by molar-refractivity contribution is -0.138. The number of hydrogen-bond donors (Lipinski definition) is 0. The molecule has 0 radical (unpaired) electrons. The predicted octanol–water partition coefficient (Wildman–Crippen LogP) is 4.25. The van der Waals surface area contributed by atoms with Crippen molar-refractivity contribution in [1.29, 1.82) is 0 Å². The molecule has 26 heavy (non-hydrogen) atoms. The zero-order valence-electron chi connectivity index (χ0n) is 15.2. The molecule has 1 saturated carbocycles. The van der Waals surface area contributed by atoms with Crippen LogP contribution in [-0.2, 0) is 17.8 Å².